The number of rotatable bonds is 15. The SMILES string of the molecule is CC(=O)C(Br)(Br)CCNc1ncnc2ccsc12.CC(=O)C(Cl)CCNc1ncnc2ccsc12.O=CC(Cl)(Br)CCNc1ncnc2ccsc12. The summed E-state index contributed by atoms with van der Waals surface area (Å²) in [6, 6.07) is 5.85. The summed E-state index contributed by atoms with van der Waals surface area (Å²) < 4.78 is 1.42. The molecule has 0 amide bonds. The van der Waals surface area contributed by atoms with Crippen LogP contribution in [0.4, 0.5) is 17.5 Å². The van der Waals surface area contributed by atoms with E-state index in [0.29, 0.717) is 45.2 Å². The Bertz CT molecular complexity index is 2100. The number of hydrogen-bond donors (Lipinski definition) is 3. The molecule has 2 unspecified atom stereocenters. The van der Waals surface area contributed by atoms with Crippen molar-refractivity contribution in [2.45, 2.75) is 45.5 Å². The van der Waals surface area contributed by atoms with E-state index in [1.165, 1.54) is 25.9 Å². The Morgan fingerprint density at radius 2 is 1.13 bits per heavy atom. The van der Waals surface area contributed by atoms with Crippen LogP contribution in [0.5, 0.6) is 0 Å². The van der Waals surface area contributed by atoms with E-state index in [9.17, 15) is 14.4 Å². The first-order valence-corrected chi connectivity index (χ1v) is 21.3. The van der Waals surface area contributed by atoms with Gasteiger partial charge in [0.05, 0.1) is 36.0 Å². The van der Waals surface area contributed by atoms with Crippen molar-refractivity contribution in [3.63, 3.8) is 0 Å². The van der Waals surface area contributed by atoms with Gasteiger partial charge in [0.25, 0.3) is 0 Å². The second-order valence-corrected chi connectivity index (χ2v) is 20.5. The number of ketones is 2. The van der Waals surface area contributed by atoms with E-state index in [4.69, 9.17) is 23.2 Å². The number of aldehydes is 1. The number of alkyl halides is 5. The highest BCUT2D eigenvalue weighted by atomic mass is 79.9. The maximum atomic E-state index is 11.3. The van der Waals surface area contributed by atoms with Gasteiger partial charge in [-0.2, -0.15) is 0 Å². The number of carbonyl (C=O) groups excluding carboxylic acids is 3. The van der Waals surface area contributed by atoms with Gasteiger partial charge in [-0.25, -0.2) is 29.9 Å². The lowest BCUT2D eigenvalue weighted by molar-refractivity contribution is -0.117. The number of hydrogen-bond acceptors (Lipinski definition) is 15. The van der Waals surface area contributed by atoms with Crippen LogP contribution >= 0.6 is 105 Å². The maximum absolute atomic E-state index is 11.3. The van der Waals surface area contributed by atoms with E-state index >= 15 is 0 Å². The summed E-state index contributed by atoms with van der Waals surface area (Å²) in [5.74, 6) is 2.44. The van der Waals surface area contributed by atoms with Crippen molar-refractivity contribution < 1.29 is 14.4 Å². The predicted molar refractivity (Wildman–Crippen MR) is 227 cm³/mol. The molecule has 0 fully saturated rings. The van der Waals surface area contributed by atoms with Crippen LogP contribution in [0.2, 0.25) is 0 Å². The molecule has 0 aliphatic heterocycles. The van der Waals surface area contributed by atoms with Gasteiger partial charge < -0.3 is 20.7 Å². The van der Waals surface area contributed by atoms with E-state index in [0.717, 1.165) is 48.1 Å². The molecule has 0 aliphatic carbocycles. The van der Waals surface area contributed by atoms with Crippen molar-refractivity contribution in [2.75, 3.05) is 35.6 Å². The van der Waals surface area contributed by atoms with Gasteiger partial charge >= 0.3 is 0 Å². The van der Waals surface area contributed by atoms with Gasteiger partial charge in [0, 0.05) is 26.1 Å². The zero-order chi connectivity index (χ0) is 37.7. The molecule has 2 atom stereocenters. The maximum Gasteiger partial charge on any atom is 0.157 e. The van der Waals surface area contributed by atoms with Crippen molar-refractivity contribution in [3.05, 3.63) is 53.3 Å². The van der Waals surface area contributed by atoms with Crippen LogP contribution in [0, 0.1) is 0 Å². The molecule has 0 radical (unpaired) electrons. The Balaban J connectivity index is 0.000000175. The number of nitrogens with zero attached hydrogens (tertiary/aromatic N) is 6. The molecule has 0 bridgehead atoms. The third kappa shape index (κ3) is 12.6. The van der Waals surface area contributed by atoms with Crippen LogP contribution in [0.15, 0.2) is 53.3 Å². The monoisotopic (exact) mass is 993 g/mol. The molecule has 0 saturated carbocycles. The summed E-state index contributed by atoms with van der Waals surface area (Å²) >= 11 is 26.3. The smallest absolute Gasteiger partial charge is 0.157 e. The van der Waals surface area contributed by atoms with Gasteiger partial charge in [0.2, 0.25) is 0 Å². The summed E-state index contributed by atoms with van der Waals surface area (Å²) in [6.07, 6.45) is 6.94. The number of thiophene rings is 3. The van der Waals surface area contributed by atoms with E-state index in [-0.39, 0.29) is 11.6 Å². The third-order valence-electron chi connectivity index (χ3n) is 7.03. The highest BCUT2D eigenvalue weighted by Crippen LogP contribution is 2.32. The number of aromatic nitrogens is 6. The van der Waals surface area contributed by atoms with E-state index in [2.05, 4.69) is 93.6 Å². The van der Waals surface area contributed by atoms with Crippen molar-refractivity contribution in [1.82, 2.24) is 29.9 Å². The van der Waals surface area contributed by atoms with E-state index in [1.807, 2.05) is 34.3 Å². The number of nitrogens with one attached hydrogen (secondary N) is 3. The van der Waals surface area contributed by atoms with Gasteiger partial charge in [-0.1, -0.05) is 59.4 Å². The summed E-state index contributed by atoms with van der Waals surface area (Å²) in [4.78, 5) is 57.9. The van der Waals surface area contributed by atoms with Crippen molar-refractivity contribution in [2.24, 2.45) is 0 Å². The fourth-order valence-electron chi connectivity index (χ4n) is 4.19. The molecule has 12 nitrogen and oxygen atoms in total. The Hall–Kier alpha value is -2.45. The van der Waals surface area contributed by atoms with Gasteiger partial charge in [-0.05, 0) is 61.0 Å². The summed E-state index contributed by atoms with van der Waals surface area (Å²) in [6.45, 7) is 4.86. The highest BCUT2D eigenvalue weighted by Gasteiger charge is 2.28. The fraction of sp³-hybridized carbons (Fsp3) is 0.344. The molecular formula is C32H32Br3Cl2N9O3S3. The lowest BCUT2D eigenvalue weighted by atomic mass is 10.2. The number of carbonyl (C=O) groups is 3. The number of Topliss-reactive ketones (excluding diaryl/α,β-unsaturated/α-hetero) is 2. The van der Waals surface area contributed by atoms with Crippen LogP contribution in [-0.2, 0) is 14.4 Å². The van der Waals surface area contributed by atoms with Gasteiger partial charge in [-0.3, -0.25) is 9.59 Å². The highest BCUT2D eigenvalue weighted by molar-refractivity contribution is 9.25. The largest absolute Gasteiger partial charge is 0.369 e. The van der Waals surface area contributed by atoms with Crippen LogP contribution in [0.3, 0.4) is 0 Å². The Labute approximate surface area is 346 Å². The molecule has 6 aromatic heterocycles. The van der Waals surface area contributed by atoms with Gasteiger partial charge in [0.15, 0.2) is 15.9 Å². The van der Waals surface area contributed by atoms with Crippen molar-refractivity contribution in [1.29, 1.82) is 0 Å². The van der Waals surface area contributed by atoms with Crippen LogP contribution in [-0.4, -0.2) is 79.8 Å². The first-order valence-electron chi connectivity index (χ1n) is 15.4. The van der Waals surface area contributed by atoms with Gasteiger partial charge in [-0.15, -0.1) is 45.6 Å². The van der Waals surface area contributed by atoms with Crippen molar-refractivity contribution >= 4 is 171 Å². The zero-order valence-electron chi connectivity index (χ0n) is 27.6. The molecule has 0 aromatic carbocycles. The average Bonchev–Trinajstić information content (AvgIpc) is 3.91. The molecule has 276 valence electrons. The molecule has 52 heavy (non-hydrogen) atoms. The minimum atomic E-state index is -0.998. The Morgan fingerprint density at radius 3 is 1.52 bits per heavy atom. The third-order valence-corrected chi connectivity index (χ3v) is 13.1. The minimum Gasteiger partial charge on any atom is -0.369 e. The predicted octanol–water partition coefficient (Wildman–Crippen LogP) is 9.28. The second-order valence-electron chi connectivity index (χ2n) is 10.9. The Kier molecular flexibility index (Phi) is 16.5. The summed E-state index contributed by atoms with van der Waals surface area (Å²) in [5.41, 5.74) is 2.79. The van der Waals surface area contributed by atoms with Crippen molar-refractivity contribution in [3.8, 4) is 0 Å². The van der Waals surface area contributed by atoms with Crippen LogP contribution in [0.1, 0.15) is 33.1 Å². The number of fused-ring (bicyclic) bond motifs is 3. The fourth-order valence-corrected chi connectivity index (χ4v) is 7.42. The molecule has 6 rings (SSSR count). The van der Waals surface area contributed by atoms with Crippen LogP contribution < -0.4 is 16.0 Å². The normalized spacial score (nSPS) is 12.9. The zero-order valence-corrected chi connectivity index (χ0v) is 36.3. The minimum absolute atomic E-state index is 0.00238. The number of anilines is 3. The van der Waals surface area contributed by atoms with Crippen LogP contribution in [0.25, 0.3) is 30.6 Å². The summed E-state index contributed by atoms with van der Waals surface area (Å²) in [7, 11) is 0. The lowest BCUT2D eigenvalue weighted by Crippen LogP contribution is -2.25. The van der Waals surface area contributed by atoms with Gasteiger partial charge in [0.1, 0.15) is 45.5 Å². The van der Waals surface area contributed by atoms with E-state index in [1.54, 1.807) is 40.9 Å². The topological polar surface area (TPSA) is 165 Å². The number of halogens is 5. The molecule has 3 N–H and O–H groups in total. The molecule has 6 heterocycles. The van der Waals surface area contributed by atoms with E-state index < -0.39 is 12.4 Å². The average molecular weight is 997 g/mol. The molecule has 0 spiro atoms. The molecular weight excluding hydrogens is 965 g/mol. The molecule has 20 heteroatoms. The Morgan fingerprint density at radius 1 is 0.731 bits per heavy atom. The standard InChI is InChI=1S/C11H11Br2N3OS.C11H12ClN3OS.C10H9BrClN3OS/c1-7(17)11(12,13)3-4-14-10-9-8(2-5-18-9)15-6-16-10;1-7(16)8(12)2-4-13-11-10-9(3-5-17-10)14-6-15-11;11-10(12,5-16)2-3-13-9-8-7(1-4-17-8)14-6-15-9/h2,5-6H,3-4H2,1H3,(H,14,15,16);3,5-6,8H,2,4H2,1H3,(H,13,14,15);1,4-6H,2-3H2,(H,13,14,15). The molecule has 6 aromatic rings. The summed E-state index contributed by atoms with van der Waals surface area (Å²) in [5, 5.41) is 15.1. The second kappa shape index (κ2) is 20.3. The quantitative estimate of drug-likeness (QED) is 0.0661. The molecule has 0 saturated heterocycles. The first-order chi connectivity index (χ1) is 24.8. The molecule has 0 aliphatic rings. The first kappa shape index (κ1) is 42.3. The lowest BCUT2D eigenvalue weighted by Gasteiger charge is -2.17.